The first kappa shape index (κ1) is 13.1. The van der Waals surface area contributed by atoms with Crippen LogP contribution in [0, 0.1) is 0 Å². The topological polar surface area (TPSA) is 32.6 Å². The summed E-state index contributed by atoms with van der Waals surface area (Å²) < 4.78 is 2.26. The molecule has 112 valence electrons. The summed E-state index contributed by atoms with van der Waals surface area (Å²) in [5, 5.41) is 3.66. The summed E-state index contributed by atoms with van der Waals surface area (Å²) >= 11 is 0. The van der Waals surface area contributed by atoms with E-state index < -0.39 is 0 Å². The summed E-state index contributed by atoms with van der Waals surface area (Å²) in [4.78, 5) is 7.45. The van der Waals surface area contributed by atoms with Gasteiger partial charge in [0, 0.05) is 31.4 Å². The van der Waals surface area contributed by atoms with Crippen molar-refractivity contribution >= 4 is 11.5 Å². The number of nitrogens with zero attached hydrogens (tertiary/aromatic N) is 3. The lowest BCUT2D eigenvalue weighted by Crippen LogP contribution is -2.38. The van der Waals surface area contributed by atoms with Crippen LogP contribution in [0.4, 0.5) is 5.82 Å². The Labute approximate surface area is 126 Å². The Balaban J connectivity index is 1.72. The first-order valence-corrected chi connectivity index (χ1v) is 8.29. The zero-order valence-corrected chi connectivity index (χ0v) is 12.8. The number of rotatable bonds is 4. The average Bonchev–Trinajstić information content (AvgIpc) is 3.26. The second-order valence-electron chi connectivity index (χ2n) is 6.50. The van der Waals surface area contributed by atoms with Gasteiger partial charge in [0.05, 0.1) is 5.69 Å². The summed E-state index contributed by atoms with van der Waals surface area (Å²) in [5.74, 6) is 1.20. The van der Waals surface area contributed by atoms with E-state index in [1.807, 2.05) is 0 Å². The van der Waals surface area contributed by atoms with Gasteiger partial charge in [-0.15, -0.1) is 0 Å². The van der Waals surface area contributed by atoms with Gasteiger partial charge in [-0.3, -0.25) is 0 Å². The molecular weight excluding hydrogens is 260 g/mol. The van der Waals surface area contributed by atoms with Crippen molar-refractivity contribution in [1.29, 1.82) is 0 Å². The highest BCUT2D eigenvalue weighted by Gasteiger charge is 2.26. The van der Waals surface area contributed by atoms with Gasteiger partial charge in [-0.1, -0.05) is 6.07 Å². The van der Waals surface area contributed by atoms with Crippen LogP contribution in [-0.2, 0) is 6.54 Å². The number of hydrogen-bond donors (Lipinski definition) is 1. The molecule has 2 fully saturated rings. The van der Waals surface area contributed by atoms with E-state index in [4.69, 9.17) is 4.98 Å². The molecule has 2 aromatic rings. The monoisotopic (exact) mass is 284 g/mol. The standard InChI is InChI=1S/C17H24N4/c1-13-6-2-4-10-20(13)17-15(12-18-14-8-9-14)21-11-5-3-7-16(21)19-17/h3,5,7,11,13-14,18H,2,4,6,8-10,12H2,1H3. The molecule has 1 N–H and O–H groups in total. The van der Waals surface area contributed by atoms with E-state index in [0.717, 1.165) is 24.8 Å². The van der Waals surface area contributed by atoms with Crippen LogP contribution in [0.25, 0.3) is 5.65 Å². The number of aromatic nitrogens is 2. The fraction of sp³-hybridized carbons (Fsp3) is 0.588. The van der Waals surface area contributed by atoms with E-state index in [0.29, 0.717) is 6.04 Å². The van der Waals surface area contributed by atoms with Crippen molar-refractivity contribution < 1.29 is 0 Å². The number of hydrogen-bond acceptors (Lipinski definition) is 3. The van der Waals surface area contributed by atoms with E-state index in [-0.39, 0.29) is 0 Å². The second kappa shape index (κ2) is 5.34. The lowest BCUT2D eigenvalue weighted by atomic mass is 10.0. The molecule has 1 saturated carbocycles. The molecule has 2 aromatic heterocycles. The molecule has 0 radical (unpaired) electrons. The summed E-state index contributed by atoms with van der Waals surface area (Å²) in [6.07, 6.45) is 8.71. The van der Waals surface area contributed by atoms with Crippen molar-refractivity contribution in [1.82, 2.24) is 14.7 Å². The molecule has 0 aromatic carbocycles. The Morgan fingerprint density at radius 3 is 2.95 bits per heavy atom. The lowest BCUT2D eigenvalue weighted by molar-refractivity contribution is 0.479. The van der Waals surface area contributed by atoms with Gasteiger partial charge in [0.25, 0.3) is 0 Å². The number of pyridine rings is 1. The zero-order valence-electron chi connectivity index (χ0n) is 12.8. The molecule has 0 bridgehead atoms. The molecule has 1 saturated heterocycles. The molecule has 4 nitrogen and oxygen atoms in total. The minimum atomic E-state index is 0.600. The van der Waals surface area contributed by atoms with Gasteiger partial charge in [-0.05, 0) is 51.2 Å². The normalized spacial score (nSPS) is 22.9. The quantitative estimate of drug-likeness (QED) is 0.937. The SMILES string of the molecule is CC1CCCCN1c1nc2ccccn2c1CNC1CC1. The van der Waals surface area contributed by atoms with Crippen molar-refractivity contribution in [3.8, 4) is 0 Å². The smallest absolute Gasteiger partial charge is 0.152 e. The number of piperidine rings is 1. The number of fused-ring (bicyclic) bond motifs is 1. The third-order valence-electron chi connectivity index (χ3n) is 4.82. The van der Waals surface area contributed by atoms with Gasteiger partial charge in [-0.25, -0.2) is 4.98 Å². The summed E-state index contributed by atoms with van der Waals surface area (Å²) in [7, 11) is 0. The number of anilines is 1. The molecule has 0 spiro atoms. The van der Waals surface area contributed by atoms with E-state index in [1.165, 1.54) is 43.6 Å². The highest BCUT2D eigenvalue weighted by atomic mass is 15.3. The minimum absolute atomic E-state index is 0.600. The Bertz CT molecular complexity index is 629. The van der Waals surface area contributed by atoms with E-state index in [2.05, 4.69) is 45.9 Å². The Morgan fingerprint density at radius 2 is 2.14 bits per heavy atom. The molecule has 3 heterocycles. The van der Waals surface area contributed by atoms with Gasteiger partial charge in [0.15, 0.2) is 5.82 Å². The molecule has 4 rings (SSSR count). The van der Waals surface area contributed by atoms with Crippen LogP contribution in [-0.4, -0.2) is 28.0 Å². The maximum Gasteiger partial charge on any atom is 0.152 e. The first-order chi connectivity index (χ1) is 10.3. The molecule has 2 aliphatic rings. The lowest BCUT2D eigenvalue weighted by Gasteiger charge is -2.34. The van der Waals surface area contributed by atoms with Gasteiger partial charge < -0.3 is 14.6 Å². The van der Waals surface area contributed by atoms with Crippen molar-refractivity contribution in [2.75, 3.05) is 11.4 Å². The van der Waals surface area contributed by atoms with E-state index in [1.54, 1.807) is 0 Å². The first-order valence-electron chi connectivity index (χ1n) is 8.29. The van der Waals surface area contributed by atoms with Crippen molar-refractivity contribution in [3.63, 3.8) is 0 Å². The van der Waals surface area contributed by atoms with Crippen LogP contribution in [0.3, 0.4) is 0 Å². The highest BCUT2D eigenvalue weighted by molar-refractivity contribution is 5.56. The fourth-order valence-corrected chi connectivity index (χ4v) is 3.37. The Morgan fingerprint density at radius 1 is 1.24 bits per heavy atom. The van der Waals surface area contributed by atoms with Crippen LogP contribution in [0.2, 0.25) is 0 Å². The molecule has 4 heteroatoms. The second-order valence-corrected chi connectivity index (χ2v) is 6.50. The molecule has 1 atom stereocenters. The van der Waals surface area contributed by atoms with Gasteiger partial charge in [-0.2, -0.15) is 0 Å². The number of imidazole rings is 1. The number of nitrogens with one attached hydrogen (secondary N) is 1. The summed E-state index contributed by atoms with van der Waals surface area (Å²) in [6.45, 7) is 4.40. The maximum absolute atomic E-state index is 4.93. The van der Waals surface area contributed by atoms with Gasteiger partial charge in [0.2, 0.25) is 0 Å². The predicted molar refractivity (Wildman–Crippen MR) is 85.7 cm³/mol. The molecule has 21 heavy (non-hydrogen) atoms. The molecule has 0 amide bonds. The van der Waals surface area contributed by atoms with Crippen LogP contribution in [0.15, 0.2) is 24.4 Å². The predicted octanol–water partition coefficient (Wildman–Crippen LogP) is 2.97. The molecule has 1 aliphatic heterocycles. The van der Waals surface area contributed by atoms with Crippen LogP contribution >= 0.6 is 0 Å². The van der Waals surface area contributed by atoms with Gasteiger partial charge in [0.1, 0.15) is 5.65 Å². The summed E-state index contributed by atoms with van der Waals surface area (Å²) in [6, 6.07) is 7.61. The maximum atomic E-state index is 4.93. The molecule has 1 unspecified atom stereocenters. The molecular formula is C17H24N4. The average molecular weight is 284 g/mol. The highest BCUT2D eigenvalue weighted by Crippen LogP contribution is 2.29. The van der Waals surface area contributed by atoms with Crippen molar-refractivity contribution in [2.24, 2.45) is 0 Å². The van der Waals surface area contributed by atoms with Crippen LogP contribution in [0.1, 0.15) is 44.7 Å². The van der Waals surface area contributed by atoms with E-state index >= 15 is 0 Å². The minimum Gasteiger partial charge on any atom is -0.352 e. The van der Waals surface area contributed by atoms with Crippen molar-refractivity contribution in [3.05, 3.63) is 30.1 Å². The molecule has 1 aliphatic carbocycles. The summed E-state index contributed by atoms with van der Waals surface area (Å²) in [5.41, 5.74) is 2.39. The van der Waals surface area contributed by atoms with Crippen molar-refractivity contribution in [2.45, 2.75) is 57.7 Å². The zero-order chi connectivity index (χ0) is 14.2. The third kappa shape index (κ3) is 2.53. The Kier molecular flexibility index (Phi) is 3.34. The third-order valence-corrected chi connectivity index (χ3v) is 4.82. The van der Waals surface area contributed by atoms with E-state index in [9.17, 15) is 0 Å². The fourth-order valence-electron chi connectivity index (χ4n) is 3.37. The van der Waals surface area contributed by atoms with Gasteiger partial charge >= 0.3 is 0 Å². The largest absolute Gasteiger partial charge is 0.352 e. The van der Waals surface area contributed by atoms with Crippen LogP contribution < -0.4 is 10.2 Å². The van der Waals surface area contributed by atoms with Crippen LogP contribution in [0.5, 0.6) is 0 Å². The Hall–Kier alpha value is -1.55.